The molecule has 0 aromatic heterocycles. The quantitative estimate of drug-likeness (QED) is 0.573. The Labute approximate surface area is 102 Å². The van der Waals surface area contributed by atoms with Crippen LogP contribution in [0.15, 0.2) is 0 Å². The topological polar surface area (TPSA) is 9.72 Å². The van der Waals surface area contributed by atoms with Crippen LogP contribution in [0.2, 0.25) is 0 Å². The third-order valence-electron chi connectivity index (χ3n) is 7.58. The second-order valence-corrected chi connectivity index (χ2v) is 7.53. The summed E-state index contributed by atoms with van der Waals surface area (Å²) in [7, 11) is 2.50. The van der Waals surface area contributed by atoms with Crippen molar-refractivity contribution in [2.75, 3.05) is 13.7 Å². The van der Waals surface area contributed by atoms with Crippen molar-refractivity contribution < 1.29 is 4.70 Å². The molecule has 0 spiro atoms. The number of quaternary nitrogens is 1. The minimum atomic E-state index is 0.633. The van der Waals surface area contributed by atoms with E-state index in [1.165, 1.54) is 37.1 Å². The van der Waals surface area contributed by atoms with Gasteiger partial charge in [-0.15, -0.1) is 5.01 Å². The Bertz CT molecular complexity index is 437. The van der Waals surface area contributed by atoms with Crippen LogP contribution in [-0.4, -0.2) is 57.7 Å². The maximum Gasteiger partial charge on any atom is 0.134 e. The number of hydrogen-bond acceptors (Lipinski definition) is 3. The van der Waals surface area contributed by atoms with Crippen molar-refractivity contribution in [1.82, 2.24) is 15.1 Å². The number of fused-ring (bicyclic) bond motifs is 2. The van der Waals surface area contributed by atoms with E-state index in [9.17, 15) is 0 Å². The van der Waals surface area contributed by atoms with Crippen LogP contribution in [0.5, 0.6) is 0 Å². The molecule has 6 heterocycles. The molecular formula is C13H21N4+. The van der Waals surface area contributed by atoms with E-state index in [-0.39, 0.29) is 0 Å². The summed E-state index contributed by atoms with van der Waals surface area (Å²) in [5.41, 5.74) is 0.633. The molecule has 4 nitrogen and oxygen atoms in total. The summed E-state index contributed by atoms with van der Waals surface area (Å²) < 4.78 is 1.17. The lowest BCUT2D eigenvalue weighted by molar-refractivity contribution is -1.12. The molecule has 6 aliphatic heterocycles. The summed E-state index contributed by atoms with van der Waals surface area (Å²) in [6, 6.07) is 3.52. The predicted molar refractivity (Wildman–Crippen MR) is 61.8 cm³/mol. The first-order chi connectivity index (χ1) is 8.18. The average molecular weight is 233 g/mol. The molecule has 2 aliphatic carbocycles. The van der Waals surface area contributed by atoms with Gasteiger partial charge in [0.2, 0.25) is 0 Å². The molecule has 7 bridgehead atoms. The highest BCUT2D eigenvalue weighted by Crippen LogP contribution is 2.72. The zero-order chi connectivity index (χ0) is 11.2. The van der Waals surface area contributed by atoms with Gasteiger partial charge < -0.3 is 0 Å². The van der Waals surface area contributed by atoms with Gasteiger partial charge in [0.05, 0.1) is 17.5 Å². The standard InChI is InChI=1S/C13H21N4/c1-13-10-5-3-8-12(13)9-4-6-11(13)17(2)15(9)7-14(8)16(10)17/h8-12H,3-7H2,1-2H3/q+1/t8-,9+,10+,11-,12+,13-,17?/m1/s1. The van der Waals surface area contributed by atoms with Gasteiger partial charge >= 0.3 is 0 Å². The first kappa shape index (κ1) is 8.86. The fraction of sp³-hybridized carbons (Fsp3) is 1.00. The van der Waals surface area contributed by atoms with Crippen LogP contribution in [0.3, 0.4) is 0 Å². The normalized spacial score (nSPS) is 71.3. The molecule has 8 rings (SSSR count). The molecule has 0 amide bonds. The van der Waals surface area contributed by atoms with Gasteiger partial charge in [-0.1, -0.05) is 12.0 Å². The van der Waals surface area contributed by atoms with E-state index in [0.29, 0.717) is 5.41 Å². The SMILES string of the molecule is C[C@@]12[C@H]3[C@H]4CC[C@@H]1N1N4CN4[C@H]3CC[C@H]2[N+]41C. The van der Waals surface area contributed by atoms with Crippen LogP contribution in [0.1, 0.15) is 32.6 Å². The lowest BCUT2D eigenvalue weighted by Crippen LogP contribution is -2.78. The van der Waals surface area contributed by atoms with Crippen LogP contribution in [0, 0.1) is 11.3 Å². The molecule has 17 heavy (non-hydrogen) atoms. The minimum Gasteiger partial charge on any atom is -0.172 e. The van der Waals surface area contributed by atoms with E-state index in [2.05, 4.69) is 29.1 Å². The van der Waals surface area contributed by atoms with E-state index in [4.69, 9.17) is 0 Å². The maximum absolute atomic E-state index is 2.82. The van der Waals surface area contributed by atoms with E-state index < -0.39 is 0 Å². The molecule has 8 fully saturated rings. The van der Waals surface area contributed by atoms with Crippen molar-refractivity contribution >= 4 is 0 Å². The molecule has 2 saturated carbocycles. The Morgan fingerprint density at radius 2 is 1.94 bits per heavy atom. The maximum atomic E-state index is 2.82. The molecular weight excluding hydrogens is 212 g/mol. The van der Waals surface area contributed by atoms with Crippen LogP contribution in [0.25, 0.3) is 0 Å². The number of hydrogen-bond donors (Lipinski definition) is 0. The number of hydrazine groups is 1. The number of rotatable bonds is 0. The largest absolute Gasteiger partial charge is 0.172 e. The van der Waals surface area contributed by atoms with E-state index in [0.717, 1.165) is 30.1 Å². The van der Waals surface area contributed by atoms with Gasteiger partial charge in [0.15, 0.2) is 0 Å². The molecule has 0 N–H and O–H groups in total. The summed E-state index contributed by atoms with van der Waals surface area (Å²) in [6.45, 7) is 3.87. The fourth-order valence-corrected chi connectivity index (χ4v) is 7.33. The Morgan fingerprint density at radius 3 is 2.82 bits per heavy atom. The fourth-order valence-electron chi connectivity index (χ4n) is 7.33. The zero-order valence-corrected chi connectivity index (χ0v) is 10.7. The summed E-state index contributed by atoms with van der Waals surface area (Å²) in [4.78, 5) is 0. The van der Waals surface area contributed by atoms with Gasteiger partial charge in [-0.25, -0.2) is 0 Å². The second-order valence-electron chi connectivity index (χ2n) is 7.53. The minimum absolute atomic E-state index is 0.633. The molecule has 0 aromatic carbocycles. The van der Waals surface area contributed by atoms with Crippen LogP contribution in [0.4, 0.5) is 0 Å². The van der Waals surface area contributed by atoms with Gasteiger partial charge in [-0.3, -0.25) is 0 Å². The van der Waals surface area contributed by atoms with Crippen molar-refractivity contribution in [3.05, 3.63) is 0 Å². The van der Waals surface area contributed by atoms with Crippen molar-refractivity contribution in [3.8, 4) is 0 Å². The molecule has 4 heteroatoms. The zero-order valence-electron chi connectivity index (χ0n) is 10.7. The highest BCUT2D eigenvalue weighted by molar-refractivity contribution is 5.20. The Balaban J connectivity index is 1.75. The molecule has 7 atom stereocenters. The first-order valence-electron chi connectivity index (χ1n) is 7.38. The lowest BCUT2D eigenvalue weighted by Gasteiger charge is -2.64. The third-order valence-corrected chi connectivity index (χ3v) is 7.58. The van der Waals surface area contributed by atoms with Crippen molar-refractivity contribution in [2.45, 2.75) is 56.8 Å². The van der Waals surface area contributed by atoms with Gasteiger partial charge in [0.25, 0.3) is 0 Å². The van der Waals surface area contributed by atoms with Crippen LogP contribution < -0.4 is 0 Å². The molecule has 1 unspecified atom stereocenters. The molecule has 92 valence electrons. The Morgan fingerprint density at radius 1 is 1.12 bits per heavy atom. The molecule has 8 aliphatic rings. The van der Waals surface area contributed by atoms with Crippen molar-refractivity contribution in [2.24, 2.45) is 11.3 Å². The van der Waals surface area contributed by atoms with E-state index in [1.807, 2.05) is 0 Å². The van der Waals surface area contributed by atoms with Crippen molar-refractivity contribution in [3.63, 3.8) is 0 Å². The third kappa shape index (κ3) is 0.556. The van der Waals surface area contributed by atoms with Crippen molar-refractivity contribution in [1.29, 1.82) is 0 Å². The Kier molecular flexibility index (Phi) is 1.09. The van der Waals surface area contributed by atoms with Crippen LogP contribution >= 0.6 is 0 Å². The average Bonchev–Trinajstić information content (AvgIpc) is 2.73. The predicted octanol–water partition coefficient (Wildman–Crippen LogP) is 0.780. The van der Waals surface area contributed by atoms with Crippen LogP contribution in [-0.2, 0) is 0 Å². The summed E-state index contributed by atoms with van der Waals surface area (Å²) in [5.74, 6) is 0.985. The van der Waals surface area contributed by atoms with E-state index in [1.54, 1.807) is 0 Å². The second kappa shape index (κ2) is 2.09. The number of nitrogens with zero attached hydrogens (tertiary/aromatic N) is 4. The smallest absolute Gasteiger partial charge is 0.134 e. The van der Waals surface area contributed by atoms with Gasteiger partial charge in [0.1, 0.15) is 19.8 Å². The lowest BCUT2D eigenvalue weighted by atomic mass is 9.51. The highest BCUT2D eigenvalue weighted by Gasteiger charge is 2.87. The molecule has 6 saturated heterocycles. The van der Waals surface area contributed by atoms with Gasteiger partial charge in [0, 0.05) is 18.4 Å². The summed E-state index contributed by atoms with van der Waals surface area (Å²) in [5, 5.41) is 8.37. The first-order valence-corrected chi connectivity index (χ1v) is 7.38. The Hall–Kier alpha value is -0.160. The summed E-state index contributed by atoms with van der Waals surface area (Å²) >= 11 is 0. The van der Waals surface area contributed by atoms with Gasteiger partial charge in [-0.05, 0) is 19.3 Å². The van der Waals surface area contributed by atoms with E-state index >= 15 is 0 Å². The van der Waals surface area contributed by atoms with Gasteiger partial charge in [-0.2, -0.15) is 9.71 Å². The monoisotopic (exact) mass is 233 g/mol. The summed E-state index contributed by atoms with van der Waals surface area (Å²) in [6.07, 6.45) is 5.87. The highest BCUT2D eigenvalue weighted by atomic mass is 16.2. The molecule has 0 aromatic rings. The molecule has 0 radical (unpaired) electrons.